The molecule has 4 aromatic rings. The van der Waals surface area contributed by atoms with E-state index in [0.29, 0.717) is 30.8 Å². The van der Waals surface area contributed by atoms with E-state index >= 15 is 0 Å². The Labute approximate surface area is 316 Å². The van der Waals surface area contributed by atoms with Crippen molar-refractivity contribution >= 4 is 35.4 Å². The van der Waals surface area contributed by atoms with Gasteiger partial charge >= 0.3 is 6.18 Å². The third-order valence-electron chi connectivity index (χ3n) is 8.35. The molecule has 4 rings (SSSR count). The van der Waals surface area contributed by atoms with Gasteiger partial charge in [0.1, 0.15) is 17.5 Å². The van der Waals surface area contributed by atoms with Crippen molar-refractivity contribution in [3.8, 4) is 11.1 Å². The van der Waals surface area contributed by atoms with Gasteiger partial charge < -0.3 is 14.8 Å². The van der Waals surface area contributed by atoms with Crippen LogP contribution in [0.1, 0.15) is 84.0 Å². The number of nitrogens with one attached hydrogen (secondary N) is 2. The molecular weight excluding hydrogens is 725 g/mol. The van der Waals surface area contributed by atoms with Gasteiger partial charge in [0.25, 0.3) is 17.7 Å². The number of alkyl halides is 5. The fraction of sp³-hybridized carbons (Fsp3) is 0.293. The van der Waals surface area contributed by atoms with Gasteiger partial charge in [0.15, 0.2) is 5.78 Å². The summed E-state index contributed by atoms with van der Waals surface area (Å²) in [4.78, 5) is 60.3. The van der Waals surface area contributed by atoms with Gasteiger partial charge in [-0.2, -0.15) is 13.2 Å². The number of hydrogen-bond acceptors (Lipinski definition) is 7. The van der Waals surface area contributed by atoms with Crippen LogP contribution < -0.4 is 16.6 Å². The molecule has 4 aromatic carbocycles. The number of anilines is 1. The number of Topliss-reactive ketones (excluding diaryl/α,β-unsaturated/α-hetero) is 2. The molecule has 0 radical (unpaired) electrons. The van der Waals surface area contributed by atoms with Crippen molar-refractivity contribution in [2.75, 3.05) is 19.0 Å². The van der Waals surface area contributed by atoms with E-state index in [-0.39, 0.29) is 52.5 Å². The van der Waals surface area contributed by atoms with Gasteiger partial charge in [0.05, 0.1) is 23.4 Å². The average Bonchev–Trinajstić information content (AvgIpc) is 3.17. The second-order valence-corrected chi connectivity index (χ2v) is 11.9. The van der Waals surface area contributed by atoms with Crippen LogP contribution in [0.2, 0.25) is 0 Å². The second-order valence-electron chi connectivity index (χ2n) is 11.9. The lowest BCUT2D eigenvalue weighted by Gasteiger charge is -2.29. The van der Waals surface area contributed by atoms with Crippen LogP contribution in [0.4, 0.5) is 27.6 Å². The highest BCUT2D eigenvalue weighted by Crippen LogP contribution is 2.36. The van der Waals surface area contributed by atoms with Crippen molar-refractivity contribution in [1.82, 2.24) is 5.43 Å². The molecule has 14 heteroatoms. The minimum Gasteiger partial charge on any atom is -0.383 e. The fourth-order valence-electron chi connectivity index (χ4n) is 5.54. The highest BCUT2D eigenvalue weighted by Gasteiger charge is 2.43. The first-order chi connectivity index (χ1) is 25.9. The summed E-state index contributed by atoms with van der Waals surface area (Å²) < 4.78 is 72.0. The molecule has 294 valence electrons. The zero-order valence-electron chi connectivity index (χ0n) is 31.3. The fourth-order valence-corrected chi connectivity index (χ4v) is 5.54. The Hall–Kier alpha value is -5.60. The van der Waals surface area contributed by atoms with Gasteiger partial charge in [-0.15, -0.1) is 0 Å². The van der Waals surface area contributed by atoms with Crippen LogP contribution in [0.15, 0.2) is 91.0 Å². The number of benzene rings is 4. The predicted octanol–water partition coefficient (Wildman–Crippen LogP) is 8.25. The quantitative estimate of drug-likeness (QED) is 0.0310. The summed E-state index contributed by atoms with van der Waals surface area (Å²) in [7, 11) is 1.50. The Morgan fingerprint density at radius 1 is 0.782 bits per heavy atom. The van der Waals surface area contributed by atoms with E-state index in [1.54, 1.807) is 19.1 Å². The Balaban J connectivity index is 0.000000460. The Morgan fingerprint density at radius 2 is 1.38 bits per heavy atom. The molecule has 1 unspecified atom stereocenters. The molecule has 0 bridgehead atoms. The number of aldehydes is 1. The molecular formula is C41H44F5N3O6. The maximum absolute atomic E-state index is 14.0. The van der Waals surface area contributed by atoms with Gasteiger partial charge in [0, 0.05) is 38.0 Å². The standard InChI is InChI=1S/C25H20F5N3O3.C14H18O3.C2H6/c1-24(26,27)17-7-8-18(19(13-17)15-3-5-16(6-4-15)25(28,29)30)22(35)32-21-9-2-14(10-11-34)12-20(21)23(36)33-31;1-4-13(16)14(10-17-3,11(2)15)12-8-6-5-7-9-12;1-2/h2-9,11-13H,10,31H2,1H3,(H,32,35)(H,33,36);5-9H,4,10H2,1-3H3;1-2H3. The van der Waals surface area contributed by atoms with Gasteiger partial charge in [-0.1, -0.05) is 75.4 Å². The third-order valence-corrected chi connectivity index (χ3v) is 8.35. The maximum Gasteiger partial charge on any atom is 0.416 e. The molecule has 0 saturated heterocycles. The van der Waals surface area contributed by atoms with Gasteiger partial charge in [-0.25, -0.2) is 14.6 Å². The van der Waals surface area contributed by atoms with Crippen LogP contribution in [0.3, 0.4) is 0 Å². The molecule has 0 aliphatic heterocycles. The summed E-state index contributed by atoms with van der Waals surface area (Å²) in [6.07, 6.45) is -3.66. The van der Waals surface area contributed by atoms with E-state index < -0.39 is 40.5 Å². The largest absolute Gasteiger partial charge is 0.416 e. The molecule has 0 aromatic heterocycles. The van der Waals surface area contributed by atoms with Crippen LogP contribution in [0.25, 0.3) is 11.1 Å². The lowest BCUT2D eigenvalue weighted by molar-refractivity contribution is -0.138. The van der Waals surface area contributed by atoms with Crippen LogP contribution in [0, 0.1) is 0 Å². The second kappa shape index (κ2) is 20.2. The molecule has 1 atom stereocenters. The molecule has 0 aliphatic rings. The van der Waals surface area contributed by atoms with E-state index in [1.165, 1.54) is 32.2 Å². The van der Waals surface area contributed by atoms with Gasteiger partial charge in [0.2, 0.25) is 0 Å². The zero-order chi connectivity index (χ0) is 41.6. The average molecular weight is 770 g/mol. The summed E-state index contributed by atoms with van der Waals surface area (Å²) in [5, 5.41) is 2.50. The van der Waals surface area contributed by atoms with E-state index in [2.05, 4.69) is 5.32 Å². The van der Waals surface area contributed by atoms with Crippen molar-refractivity contribution in [1.29, 1.82) is 0 Å². The summed E-state index contributed by atoms with van der Waals surface area (Å²) in [5.74, 6) is 0.0801. The third kappa shape index (κ3) is 11.4. The van der Waals surface area contributed by atoms with Crippen molar-refractivity contribution in [2.24, 2.45) is 5.84 Å². The molecule has 0 spiro atoms. The van der Waals surface area contributed by atoms with Gasteiger partial charge in [-0.3, -0.25) is 24.6 Å². The first-order valence-corrected chi connectivity index (χ1v) is 17.1. The minimum absolute atomic E-state index is 0.00381. The minimum atomic E-state index is -4.60. The Kier molecular flexibility index (Phi) is 16.7. The number of amides is 2. The van der Waals surface area contributed by atoms with Crippen molar-refractivity contribution in [2.45, 2.75) is 65.0 Å². The number of nitrogens with two attached hydrogens (primary N) is 1. The Bertz CT molecular complexity index is 1950. The Morgan fingerprint density at radius 3 is 1.87 bits per heavy atom. The number of nitrogen functional groups attached to an aromatic ring is 1. The van der Waals surface area contributed by atoms with Crippen LogP contribution in [-0.4, -0.2) is 43.4 Å². The number of carbonyl (C=O) groups is 5. The smallest absolute Gasteiger partial charge is 0.383 e. The number of ketones is 2. The van der Waals surface area contributed by atoms with Crippen LogP contribution in [-0.2, 0) is 43.1 Å². The molecule has 0 aliphatic carbocycles. The first-order valence-electron chi connectivity index (χ1n) is 17.1. The number of rotatable bonds is 13. The van der Waals surface area contributed by atoms with Crippen molar-refractivity contribution in [3.63, 3.8) is 0 Å². The highest BCUT2D eigenvalue weighted by atomic mass is 19.4. The molecule has 0 saturated carbocycles. The van der Waals surface area contributed by atoms with E-state index in [4.69, 9.17) is 10.6 Å². The van der Waals surface area contributed by atoms with Gasteiger partial charge in [-0.05, 0) is 65.6 Å². The number of carbonyl (C=O) groups excluding carboxylic acids is 5. The van der Waals surface area contributed by atoms with Crippen LogP contribution >= 0.6 is 0 Å². The lowest BCUT2D eigenvalue weighted by atomic mass is 9.73. The number of hydrogen-bond donors (Lipinski definition) is 3. The molecule has 0 heterocycles. The van der Waals surface area contributed by atoms with Crippen molar-refractivity contribution < 1.29 is 50.7 Å². The van der Waals surface area contributed by atoms with E-state index in [0.717, 1.165) is 42.5 Å². The van der Waals surface area contributed by atoms with Crippen LogP contribution in [0.5, 0.6) is 0 Å². The summed E-state index contributed by atoms with van der Waals surface area (Å²) in [6.45, 7) is 7.95. The molecule has 0 fully saturated rings. The number of halogens is 5. The monoisotopic (exact) mass is 769 g/mol. The molecule has 2 amide bonds. The molecule has 4 N–H and O–H groups in total. The number of methoxy groups -OCH3 is 1. The molecule has 9 nitrogen and oxygen atoms in total. The normalized spacial score (nSPS) is 12.1. The zero-order valence-corrected chi connectivity index (χ0v) is 31.3. The first kappa shape index (κ1) is 45.6. The highest BCUT2D eigenvalue weighted by molar-refractivity contribution is 6.12. The maximum atomic E-state index is 14.0. The predicted molar refractivity (Wildman–Crippen MR) is 200 cm³/mol. The van der Waals surface area contributed by atoms with Crippen molar-refractivity contribution in [3.05, 3.63) is 124 Å². The topological polar surface area (TPSA) is 145 Å². The van der Waals surface area contributed by atoms with E-state index in [1.807, 2.05) is 37.5 Å². The summed E-state index contributed by atoms with van der Waals surface area (Å²) in [5.41, 5.74) is 0.462. The molecule has 55 heavy (non-hydrogen) atoms. The summed E-state index contributed by atoms with van der Waals surface area (Å²) >= 11 is 0. The van der Waals surface area contributed by atoms with E-state index in [9.17, 15) is 45.9 Å². The number of ether oxygens (including phenoxy) is 1. The number of hydrazine groups is 1. The SMILES string of the molecule is CC.CC(F)(F)c1ccc(C(=O)Nc2ccc(CC=O)cc2C(=O)NN)c(-c2ccc(C(F)(F)F)cc2)c1.CCC(=O)C(COC)(C(C)=O)c1ccccc1. The lowest BCUT2D eigenvalue weighted by Crippen LogP contribution is -2.46. The summed E-state index contributed by atoms with van der Waals surface area (Å²) in [6, 6.07) is 20.2.